The zero-order valence-electron chi connectivity index (χ0n) is 6.55. The zero-order chi connectivity index (χ0) is 9.10. The van der Waals surface area contributed by atoms with Crippen molar-refractivity contribution in [3.8, 4) is 11.4 Å². The molecule has 0 saturated heterocycles. The topological polar surface area (TPSA) is 51.6 Å². The average Bonchev–Trinajstić information content (AvgIpc) is 2.19. The third-order valence-corrected chi connectivity index (χ3v) is 1.67. The van der Waals surface area contributed by atoms with Gasteiger partial charge in [-0.05, 0) is 0 Å². The predicted octanol–water partition coefficient (Wildman–Crippen LogP) is 1.59. The Balaban J connectivity index is 2.48. The van der Waals surface area contributed by atoms with E-state index in [0.29, 0.717) is 16.5 Å². The second-order valence-corrected chi connectivity index (χ2v) is 2.70. The number of hydrogen-bond acceptors (Lipinski definition) is 4. The van der Waals surface area contributed by atoms with Gasteiger partial charge in [0.2, 0.25) is 0 Å². The first-order chi connectivity index (χ1) is 6.36. The minimum absolute atomic E-state index is 0.399. The highest BCUT2D eigenvalue weighted by molar-refractivity contribution is 6.29. The van der Waals surface area contributed by atoms with Gasteiger partial charge in [0.05, 0.1) is 11.9 Å². The molecule has 2 heterocycles. The molecule has 0 bridgehead atoms. The first-order valence-electron chi connectivity index (χ1n) is 3.60. The maximum absolute atomic E-state index is 5.70. The van der Waals surface area contributed by atoms with E-state index in [1.807, 2.05) is 0 Å². The Morgan fingerprint density at radius 1 is 1.00 bits per heavy atom. The van der Waals surface area contributed by atoms with Crippen LogP contribution in [0.15, 0.2) is 31.0 Å². The van der Waals surface area contributed by atoms with Crippen molar-refractivity contribution in [1.29, 1.82) is 0 Å². The molecule has 0 saturated carbocycles. The van der Waals surface area contributed by atoms with Crippen molar-refractivity contribution in [3.63, 3.8) is 0 Å². The number of rotatable bonds is 1. The average molecular weight is 193 g/mol. The molecule has 2 aromatic rings. The summed E-state index contributed by atoms with van der Waals surface area (Å²) in [4.78, 5) is 15.8. The second-order valence-electron chi connectivity index (χ2n) is 2.32. The van der Waals surface area contributed by atoms with Gasteiger partial charge in [0.15, 0.2) is 0 Å². The van der Waals surface area contributed by atoms with E-state index in [2.05, 4.69) is 19.9 Å². The van der Waals surface area contributed by atoms with Gasteiger partial charge >= 0.3 is 0 Å². The SMILES string of the molecule is Clc1cc(-c2cnccn2)ncn1. The molecule has 13 heavy (non-hydrogen) atoms. The number of aromatic nitrogens is 4. The molecule has 0 fully saturated rings. The summed E-state index contributed by atoms with van der Waals surface area (Å²) in [5, 5.41) is 0.399. The largest absolute Gasteiger partial charge is 0.261 e. The number of nitrogens with zero attached hydrogens (tertiary/aromatic N) is 4. The summed E-state index contributed by atoms with van der Waals surface area (Å²) in [7, 11) is 0. The summed E-state index contributed by atoms with van der Waals surface area (Å²) in [6.45, 7) is 0. The lowest BCUT2D eigenvalue weighted by atomic mass is 10.3. The molecule has 0 N–H and O–H groups in total. The van der Waals surface area contributed by atoms with E-state index >= 15 is 0 Å². The molecular weight excluding hydrogens is 188 g/mol. The van der Waals surface area contributed by atoms with Crippen LogP contribution in [0.2, 0.25) is 5.15 Å². The molecule has 0 aliphatic rings. The minimum Gasteiger partial charge on any atom is -0.261 e. The van der Waals surface area contributed by atoms with Crippen LogP contribution in [0.3, 0.4) is 0 Å². The summed E-state index contributed by atoms with van der Waals surface area (Å²) in [6.07, 6.45) is 6.22. The van der Waals surface area contributed by atoms with Crippen LogP contribution >= 0.6 is 11.6 Å². The first kappa shape index (κ1) is 8.07. The molecule has 0 atom stereocenters. The highest BCUT2D eigenvalue weighted by Gasteiger charge is 2.00. The normalized spacial score (nSPS) is 9.92. The molecule has 0 unspecified atom stereocenters. The van der Waals surface area contributed by atoms with Crippen LogP contribution in [0.1, 0.15) is 0 Å². The van der Waals surface area contributed by atoms with Gasteiger partial charge in [-0.15, -0.1) is 0 Å². The molecule has 2 aromatic heterocycles. The van der Waals surface area contributed by atoms with Gasteiger partial charge in [-0.2, -0.15) is 0 Å². The van der Waals surface area contributed by atoms with Crippen molar-refractivity contribution >= 4 is 11.6 Å². The molecule has 0 amide bonds. The lowest BCUT2D eigenvalue weighted by Crippen LogP contribution is -1.88. The Hall–Kier alpha value is -1.55. The Morgan fingerprint density at radius 2 is 1.92 bits per heavy atom. The molecule has 0 spiro atoms. The van der Waals surface area contributed by atoms with Crippen molar-refractivity contribution in [3.05, 3.63) is 36.1 Å². The third kappa shape index (κ3) is 1.78. The zero-order valence-corrected chi connectivity index (χ0v) is 7.31. The Kier molecular flexibility index (Phi) is 2.14. The van der Waals surface area contributed by atoms with E-state index < -0.39 is 0 Å². The van der Waals surface area contributed by atoms with Crippen molar-refractivity contribution in [1.82, 2.24) is 19.9 Å². The summed E-state index contributed by atoms with van der Waals surface area (Å²) in [6, 6.07) is 1.64. The Morgan fingerprint density at radius 3 is 2.62 bits per heavy atom. The van der Waals surface area contributed by atoms with E-state index in [1.165, 1.54) is 6.33 Å². The number of halogens is 1. The van der Waals surface area contributed by atoms with E-state index in [-0.39, 0.29) is 0 Å². The van der Waals surface area contributed by atoms with Crippen LogP contribution in [-0.4, -0.2) is 19.9 Å². The van der Waals surface area contributed by atoms with Crippen LogP contribution in [0.25, 0.3) is 11.4 Å². The van der Waals surface area contributed by atoms with E-state index in [1.54, 1.807) is 24.7 Å². The molecule has 2 rings (SSSR count). The smallest absolute Gasteiger partial charge is 0.133 e. The van der Waals surface area contributed by atoms with Crippen molar-refractivity contribution in [2.45, 2.75) is 0 Å². The van der Waals surface area contributed by atoms with Gasteiger partial charge in [0, 0.05) is 18.5 Å². The van der Waals surface area contributed by atoms with Gasteiger partial charge in [0.1, 0.15) is 17.2 Å². The summed E-state index contributed by atoms with van der Waals surface area (Å²) in [5.74, 6) is 0. The van der Waals surface area contributed by atoms with Crippen molar-refractivity contribution in [2.75, 3.05) is 0 Å². The molecule has 0 aromatic carbocycles. The maximum Gasteiger partial charge on any atom is 0.133 e. The standard InChI is InChI=1S/C8H5ClN4/c9-8-3-6(12-5-13-8)7-4-10-1-2-11-7/h1-5H. The number of hydrogen-bond donors (Lipinski definition) is 0. The summed E-state index contributed by atoms with van der Waals surface area (Å²) >= 11 is 5.70. The summed E-state index contributed by atoms with van der Waals surface area (Å²) < 4.78 is 0. The molecule has 0 aliphatic carbocycles. The molecule has 64 valence electrons. The first-order valence-corrected chi connectivity index (χ1v) is 3.98. The van der Waals surface area contributed by atoms with Gasteiger partial charge in [0.25, 0.3) is 0 Å². The van der Waals surface area contributed by atoms with Crippen LogP contribution in [0.4, 0.5) is 0 Å². The predicted molar refractivity (Wildman–Crippen MR) is 48.1 cm³/mol. The van der Waals surface area contributed by atoms with Crippen molar-refractivity contribution in [2.24, 2.45) is 0 Å². The minimum atomic E-state index is 0.399. The Labute approximate surface area is 79.7 Å². The third-order valence-electron chi connectivity index (χ3n) is 1.46. The summed E-state index contributed by atoms with van der Waals surface area (Å²) in [5.41, 5.74) is 1.36. The highest BCUT2D eigenvalue weighted by Crippen LogP contribution is 2.14. The van der Waals surface area contributed by atoms with Crippen LogP contribution in [-0.2, 0) is 0 Å². The molecule has 0 aliphatic heterocycles. The quantitative estimate of drug-likeness (QED) is 0.644. The van der Waals surface area contributed by atoms with Crippen LogP contribution in [0.5, 0.6) is 0 Å². The fraction of sp³-hybridized carbons (Fsp3) is 0. The van der Waals surface area contributed by atoms with E-state index in [4.69, 9.17) is 11.6 Å². The Bertz CT molecular complexity index is 404. The monoisotopic (exact) mass is 192 g/mol. The van der Waals surface area contributed by atoms with Gasteiger partial charge in [-0.3, -0.25) is 9.97 Å². The fourth-order valence-corrected chi connectivity index (χ4v) is 1.05. The molecule has 0 radical (unpaired) electrons. The molecule has 4 nitrogen and oxygen atoms in total. The van der Waals surface area contributed by atoms with E-state index in [0.717, 1.165) is 0 Å². The van der Waals surface area contributed by atoms with Gasteiger partial charge in [-0.1, -0.05) is 11.6 Å². The lowest BCUT2D eigenvalue weighted by Gasteiger charge is -1.97. The van der Waals surface area contributed by atoms with Crippen LogP contribution in [0, 0.1) is 0 Å². The highest BCUT2D eigenvalue weighted by atomic mass is 35.5. The molecular formula is C8H5ClN4. The van der Waals surface area contributed by atoms with Gasteiger partial charge in [-0.25, -0.2) is 9.97 Å². The second kappa shape index (κ2) is 3.45. The van der Waals surface area contributed by atoms with E-state index in [9.17, 15) is 0 Å². The maximum atomic E-state index is 5.70. The van der Waals surface area contributed by atoms with Gasteiger partial charge < -0.3 is 0 Å². The molecule has 5 heteroatoms. The fourth-order valence-electron chi connectivity index (χ4n) is 0.905. The van der Waals surface area contributed by atoms with Crippen LogP contribution < -0.4 is 0 Å². The van der Waals surface area contributed by atoms with Crippen molar-refractivity contribution < 1.29 is 0 Å². The lowest BCUT2D eigenvalue weighted by molar-refractivity contribution is 1.13.